The molecule has 1 N–H and O–H groups in total. The third-order valence-corrected chi connectivity index (χ3v) is 3.11. The van der Waals surface area contributed by atoms with E-state index in [1.54, 1.807) is 6.07 Å². The highest BCUT2D eigenvalue weighted by Gasteiger charge is 2.07. The Balaban J connectivity index is 1.76. The fourth-order valence-corrected chi connectivity index (χ4v) is 1.96. The van der Waals surface area contributed by atoms with Crippen LogP contribution in [0, 0.1) is 12.7 Å². The van der Waals surface area contributed by atoms with Crippen molar-refractivity contribution in [3.8, 4) is 0 Å². The van der Waals surface area contributed by atoms with Crippen molar-refractivity contribution in [2.75, 3.05) is 0 Å². The largest absolute Gasteiger partial charge is 0.361 e. The molecule has 4 heteroatoms. The van der Waals surface area contributed by atoms with E-state index in [4.69, 9.17) is 4.52 Å². The number of nitrogens with one attached hydrogen (secondary N) is 1. The lowest BCUT2D eigenvalue weighted by Crippen LogP contribution is -2.26. The summed E-state index contributed by atoms with van der Waals surface area (Å²) >= 11 is 0. The summed E-state index contributed by atoms with van der Waals surface area (Å²) in [6.45, 7) is 4.64. The fourth-order valence-electron chi connectivity index (χ4n) is 1.96. The Morgan fingerprint density at radius 1 is 1.37 bits per heavy atom. The normalized spacial score (nSPS) is 12.6. The third kappa shape index (κ3) is 4.17. The zero-order valence-electron chi connectivity index (χ0n) is 11.3. The third-order valence-electron chi connectivity index (χ3n) is 3.11. The molecule has 19 heavy (non-hydrogen) atoms. The first-order valence-electron chi connectivity index (χ1n) is 6.54. The zero-order valence-corrected chi connectivity index (χ0v) is 11.3. The number of aryl methyl sites for hydroxylation is 2. The Labute approximate surface area is 112 Å². The van der Waals surface area contributed by atoms with E-state index in [1.807, 2.05) is 25.1 Å². The average Bonchev–Trinajstić information content (AvgIpc) is 2.81. The molecule has 0 aliphatic carbocycles. The molecule has 0 saturated carbocycles. The van der Waals surface area contributed by atoms with Gasteiger partial charge in [0.15, 0.2) is 0 Å². The van der Waals surface area contributed by atoms with Gasteiger partial charge in [0.2, 0.25) is 0 Å². The van der Waals surface area contributed by atoms with Crippen molar-refractivity contribution in [2.24, 2.45) is 0 Å². The molecule has 0 spiro atoms. The van der Waals surface area contributed by atoms with Gasteiger partial charge >= 0.3 is 0 Å². The lowest BCUT2D eigenvalue weighted by atomic mass is 10.1. The summed E-state index contributed by atoms with van der Waals surface area (Å²) < 4.78 is 18.5. The molecular weight excluding hydrogens is 243 g/mol. The zero-order chi connectivity index (χ0) is 13.7. The average molecular weight is 262 g/mol. The van der Waals surface area contributed by atoms with Gasteiger partial charge < -0.3 is 9.84 Å². The second-order valence-corrected chi connectivity index (χ2v) is 4.84. The summed E-state index contributed by atoms with van der Waals surface area (Å²) in [5.74, 6) is 0.692. The Bertz CT molecular complexity index is 524. The Kier molecular flexibility index (Phi) is 4.68. The van der Waals surface area contributed by atoms with Crippen molar-refractivity contribution in [1.82, 2.24) is 10.5 Å². The molecule has 0 saturated heterocycles. The maximum atomic E-state index is 13.5. The summed E-state index contributed by atoms with van der Waals surface area (Å²) in [5.41, 5.74) is 1.67. The summed E-state index contributed by atoms with van der Waals surface area (Å²) in [4.78, 5) is 0. The molecule has 2 rings (SSSR count). The molecule has 0 radical (unpaired) electrons. The quantitative estimate of drug-likeness (QED) is 0.868. The SMILES string of the molecule is Cc1cc(CN[C@@H](C)CCc2ccccc2F)no1. The lowest BCUT2D eigenvalue weighted by molar-refractivity contribution is 0.385. The van der Waals surface area contributed by atoms with Gasteiger partial charge in [-0.3, -0.25) is 0 Å². The minimum absolute atomic E-state index is 0.123. The summed E-state index contributed by atoms with van der Waals surface area (Å²) in [5, 5.41) is 7.28. The van der Waals surface area contributed by atoms with Crippen LogP contribution in [0.3, 0.4) is 0 Å². The monoisotopic (exact) mass is 262 g/mol. The molecule has 0 bridgehead atoms. The van der Waals surface area contributed by atoms with Crippen LogP contribution in [0.2, 0.25) is 0 Å². The Morgan fingerprint density at radius 2 is 2.16 bits per heavy atom. The molecule has 3 nitrogen and oxygen atoms in total. The number of rotatable bonds is 6. The van der Waals surface area contributed by atoms with Crippen molar-refractivity contribution in [1.29, 1.82) is 0 Å². The van der Waals surface area contributed by atoms with E-state index in [0.717, 1.165) is 29.9 Å². The maximum absolute atomic E-state index is 13.5. The van der Waals surface area contributed by atoms with Crippen LogP contribution < -0.4 is 5.32 Å². The van der Waals surface area contributed by atoms with E-state index in [2.05, 4.69) is 17.4 Å². The summed E-state index contributed by atoms with van der Waals surface area (Å²) in [6.07, 6.45) is 1.62. The molecule has 0 unspecified atom stereocenters. The van der Waals surface area contributed by atoms with Crippen molar-refractivity contribution in [2.45, 2.75) is 39.3 Å². The highest BCUT2D eigenvalue weighted by Crippen LogP contribution is 2.10. The minimum Gasteiger partial charge on any atom is -0.361 e. The van der Waals surface area contributed by atoms with Gasteiger partial charge in [0.05, 0.1) is 5.69 Å². The molecule has 0 aliphatic heterocycles. The number of aromatic nitrogens is 1. The Hall–Kier alpha value is -1.68. The van der Waals surface area contributed by atoms with Crippen LogP contribution in [-0.2, 0) is 13.0 Å². The first kappa shape index (κ1) is 13.7. The number of benzene rings is 1. The van der Waals surface area contributed by atoms with Gasteiger partial charge in [0.1, 0.15) is 11.6 Å². The second-order valence-electron chi connectivity index (χ2n) is 4.84. The molecule has 102 valence electrons. The van der Waals surface area contributed by atoms with Crippen LogP contribution in [0.15, 0.2) is 34.9 Å². The molecule has 0 fully saturated rings. The number of hydrogen-bond acceptors (Lipinski definition) is 3. The minimum atomic E-state index is -0.123. The second kappa shape index (κ2) is 6.48. The molecule has 2 aromatic rings. The first-order chi connectivity index (χ1) is 9.15. The van der Waals surface area contributed by atoms with Gasteiger partial charge in [0, 0.05) is 18.7 Å². The molecular formula is C15H19FN2O. The van der Waals surface area contributed by atoms with Crippen LogP contribution in [0.1, 0.15) is 30.4 Å². The smallest absolute Gasteiger partial charge is 0.133 e. The van der Waals surface area contributed by atoms with Crippen LogP contribution in [0.25, 0.3) is 0 Å². The number of hydrogen-bond donors (Lipinski definition) is 1. The highest BCUT2D eigenvalue weighted by molar-refractivity contribution is 5.17. The van der Waals surface area contributed by atoms with E-state index >= 15 is 0 Å². The van der Waals surface area contributed by atoms with Crippen molar-refractivity contribution >= 4 is 0 Å². The van der Waals surface area contributed by atoms with Crippen molar-refractivity contribution in [3.63, 3.8) is 0 Å². The van der Waals surface area contributed by atoms with Crippen LogP contribution in [0.5, 0.6) is 0 Å². The van der Waals surface area contributed by atoms with Crippen LogP contribution in [-0.4, -0.2) is 11.2 Å². The van der Waals surface area contributed by atoms with Crippen molar-refractivity contribution < 1.29 is 8.91 Å². The summed E-state index contributed by atoms with van der Waals surface area (Å²) in [6, 6.07) is 9.14. The standard InChI is InChI=1S/C15H19FN2O/c1-11(17-10-14-9-12(2)19-18-14)7-8-13-5-3-4-6-15(13)16/h3-6,9,11,17H,7-8,10H2,1-2H3/t11-/m0/s1. The van der Waals surface area contributed by atoms with Crippen LogP contribution in [0.4, 0.5) is 4.39 Å². The van der Waals surface area contributed by atoms with Crippen molar-refractivity contribution in [3.05, 3.63) is 53.2 Å². The predicted octanol–water partition coefficient (Wildman–Crippen LogP) is 3.23. The highest BCUT2D eigenvalue weighted by atomic mass is 19.1. The lowest BCUT2D eigenvalue weighted by Gasteiger charge is -2.12. The van der Waals surface area contributed by atoms with Crippen LogP contribution >= 0.6 is 0 Å². The molecule has 1 atom stereocenters. The molecule has 1 aromatic carbocycles. The number of nitrogens with zero attached hydrogens (tertiary/aromatic N) is 1. The van der Waals surface area contributed by atoms with Gasteiger partial charge in [-0.25, -0.2) is 4.39 Å². The topological polar surface area (TPSA) is 38.1 Å². The molecule has 1 aromatic heterocycles. The Morgan fingerprint density at radius 3 is 2.84 bits per heavy atom. The predicted molar refractivity (Wildman–Crippen MR) is 72.3 cm³/mol. The van der Waals surface area contributed by atoms with E-state index in [1.165, 1.54) is 6.07 Å². The molecule has 0 aliphatic rings. The van der Waals surface area contributed by atoms with E-state index in [0.29, 0.717) is 12.6 Å². The molecule has 1 heterocycles. The van der Waals surface area contributed by atoms with E-state index in [9.17, 15) is 4.39 Å². The fraction of sp³-hybridized carbons (Fsp3) is 0.400. The van der Waals surface area contributed by atoms with Gasteiger partial charge in [-0.2, -0.15) is 0 Å². The summed E-state index contributed by atoms with van der Waals surface area (Å²) in [7, 11) is 0. The molecule has 0 amide bonds. The van der Waals surface area contributed by atoms with E-state index < -0.39 is 0 Å². The maximum Gasteiger partial charge on any atom is 0.133 e. The van der Waals surface area contributed by atoms with Gasteiger partial charge in [-0.1, -0.05) is 23.4 Å². The number of halogens is 1. The van der Waals surface area contributed by atoms with E-state index in [-0.39, 0.29) is 5.82 Å². The van der Waals surface area contributed by atoms with Gasteiger partial charge in [0.25, 0.3) is 0 Å². The first-order valence-corrected chi connectivity index (χ1v) is 6.54. The van der Waals surface area contributed by atoms with Gasteiger partial charge in [-0.15, -0.1) is 0 Å². The van der Waals surface area contributed by atoms with Gasteiger partial charge in [-0.05, 0) is 38.3 Å².